The maximum Gasteiger partial charge on any atom is 0.242 e. The molecule has 1 aliphatic carbocycles. The number of hydrogen-bond donors (Lipinski definition) is 2. The van der Waals surface area contributed by atoms with Gasteiger partial charge in [0.1, 0.15) is 4.90 Å². The molecule has 0 saturated heterocycles. The van der Waals surface area contributed by atoms with Gasteiger partial charge in [0.25, 0.3) is 0 Å². The fraction of sp³-hybridized carbons (Fsp3) is 0.692. The molecule has 0 radical (unpaired) electrons. The molecule has 1 fully saturated rings. The van der Waals surface area contributed by atoms with Crippen LogP contribution in [0.4, 0.5) is 0 Å². The Labute approximate surface area is 119 Å². The lowest BCUT2D eigenvalue weighted by Crippen LogP contribution is -2.36. The van der Waals surface area contributed by atoms with Crippen molar-refractivity contribution in [3.63, 3.8) is 0 Å². The molecule has 0 atom stereocenters. The van der Waals surface area contributed by atoms with E-state index in [1.807, 2.05) is 19.4 Å². The molecule has 0 unspecified atom stereocenters. The Morgan fingerprint density at radius 1 is 1.32 bits per heavy atom. The Kier molecular flexibility index (Phi) is 5.00. The SMILES string of the molecule is CNCc1scc(C)c1S(=O)(=O)NC1CCCCC1. The standard InChI is InChI=1S/C13H22N2O2S2/c1-10-9-18-12(8-14-2)13(10)19(16,17)15-11-6-4-3-5-7-11/h9,11,14-15H,3-8H2,1-2H3. The van der Waals surface area contributed by atoms with Crippen molar-refractivity contribution in [2.24, 2.45) is 0 Å². The summed E-state index contributed by atoms with van der Waals surface area (Å²) in [6, 6.07) is 0.112. The highest BCUT2D eigenvalue weighted by atomic mass is 32.2. The Bertz CT molecular complexity index is 517. The van der Waals surface area contributed by atoms with E-state index in [1.54, 1.807) is 0 Å². The normalized spacial score (nSPS) is 17.8. The van der Waals surface area contributed by atoms with Gasteiger partial charge in [-0.3, -0.25) is 0 Å². The highest BCUT2D eigenvalue weighted by Gasteiger charge is 2.26. The lowest BCUT2D eigenvalue weighted by molar-refractivity contribution is 0.412. The quantitative estimate of drug-likeness (QED) is 0.878. The van der Waals surface area contributed by atoms with Crippen LogP contribution in [0.15, 0.2) is 10.3 Å². The van der Waals surface area contributed by atoms with Crippen LogP contribution in [0.25, 0.3) is 0 Å². The molecule has 19 heavy (non-hydrogen) atoms. The van der Waals surface area contributed by atoms with Gasteiger partial charge in [0.15, 0.2) is 0 Å². The third-order valence-electron chi connectivity index (χ3n) is 3.52. The smallest absolute Gasteiger partial charge is 0.242 e. The second-order valence-corrected chi connectivity index (χ2v) is 7.77. The highest BCUT2D eigenvalue weighted by Crippen LogP contribution is 2.28. The van der Waals surface area contributed by atoms with Crippen molar-refractivity contribution < 1.29 is 8.42 Å². The molecule has 1 aromatic heterocycles. The van der Waals surface area contributed by atoms with E-state index in [2.05, 4.69) is 10.0 Å². The summed E-state index contributed by atoms with van der Waals surface area (Å²) in [5.41, 5.74) is 0.846. The van der Waals surface area contributed by atoms with Crippen LogP contribution in [-0.2, 0) is 16.6 Å². The van der Waals surface area contributed by atoms with Crippen LogP contribution in [0, 0.1) is 6.92 Å². The van der Waals surface area contributed by atoms with Gasteiger partial charge in [-0.15, -0.1) is 11.3 Å². The molecular weight excluding hydrogens is 280 g/mol. The van der Waals surface area contributed by atoms with Crippen LogP contribution in [0.5, 0.6) is 0 Å². The summed E-state index contributed by atoms with van der Waals surface area (Å²) in [7, 11) is -1.55. The second kappa shape index (κ2) is 6.35. The van der Waals surface area contributed by atoms with Crippen LogP contribution in [0.1, 0.15) is 42.5 Å². The largest absolute Gasteiger partial charge is 0.315 e. The Balaban J connectivity index is 2.20. The number of hydrogen-bond acceptors (Lipinski definition) is 4. The van der Waals surface area contributed by atoms with Crippen molar-refractivity contribution >= 4 is 21.4 Å². The molecule has 108 valence electrons. The summed E-state index contributed by atoms with van der Waals surface area (Å²) >= 11 is 1.51. The fourth-order valence-electron chi connectivity index (χ4n) is 2.63. The lowest BCUT2D eigenvalue weighted by Gasteiger charge is -2.23. The van der Waals surface area contributed by atoms with Crippen molar-refractivity contribution in [2.75, 3.05) is 7.05 Å². The maximum atomic E-state index is 12.5. The molecule has 6 heteroatoms. The van der Waals surface area contributed by atoms with Crippen molar-refractivity contribution in [1.29, 1.82) is 0 Å². The number of thiophene rings is 1. The van der Waals surface area contributed by atoms with Gasteiger partial charge in [0.05, 0.1) is 0 Å². The van der Waals surface area contributed by atoms with Gasteiger partial charge in [-0.1, -0.05) is 19.3 Å². The van der Waals surface area contributed by atoms with Gasteiger partial charge >= 0.3 is 0 Å². The Morgan fingerprint density at radius 3 is 2.63 bits per heavy atom. The number of aryl methyl sites for hydroxylation is 1. The van der Waals surface area contributed by atoms with Crippen LogP contribution in [0.3, 0.4) is 0 Å². The molecule has 2 rings (SSSR count). The van der Waals surface area contributed by atoms with E-state index in [0.29, 0.717) is 11.4 Å². The summed E-state index contributed by atoms with van der Waals surface area (Å²) in [5.74, 6) is 0. The third kappa shape index (κ3) is 3.56. The van der Waals surface area contributed by atoms with Crippen molar-refractivity contribution in [1.82, 2.24) is 10.0 Å². The van der Waals surface area contributed by atoms with E-state index in [1.165, 1.54) is 17.8 Å². The molecule has 1 aliphatic rings. The minimum absolute atomic E-state index is 0.112. The van der Waals surface area contributed by atoms with Crippen LogP contribution >= 0.6 is 11.3 Å². The van der Waals surface area contributed by atoms with E-state index < -0.39 is 10.0 Å². The van der Waals surface area contributed by atoms with Gasteiger partial charge in [0.2, 0.25) is 10.0 Å². The topological polar surface area (TPSA) is 58.2 Å². The van der Waals surface area contributed by atoms with Crippen molar-refractivity contribution in [2.45, 2.75) is 56.5 Å². The molecule has 1 heterocycles. The zero-order chi connectivity index (χ0) is 13.9. The van der Waals surface area contributed by atoms with E-state index in [0.717, 1.165) is 36.1 Å². The summed E-state index contributed by atoms with van der Waals surface area (Å²) in [5, 5.41) is 4.95. The second-order valence-electron chi connectivity index (χ2n) is 5.16. The minimum Gasteiger partial charge on any atom is -0.315 e. The zero-order valence-electron chi connectivity index (χ0n) is 11.5. The number of rotatable bonds is 5. The van der Waals surface area contributed by atoms with Gasteiger partial charge in [0, 0.05) is 17.5 Å². The summed E-state index contributed by atoms with van der Waals surface area (Å²) in [6.45, 7) is 2.46. The van der Waals surface area contributed by atoms with Gasteiger partial charge in [-0.2, -0.15) is 0 Å². The van der Waals surface area contributed by atoms with Crippen LogP contribution in [0.2, 0.25) is 0 Å². The van der Waals surface area contributed by atoms with E-state index >= 15 is 0 Å². The van der Waals surface area contributed by atoms with Crippen molar-refractivity contribution in [3.8, 4) is 0 Å². The predicted molar refractivity (Wildman–Crippen MR) is 79.0 cm³/mol. The van der Waals surface area contributed by atoms with E-state index in [9.17, 15) is 8.42 Å². The molecule has 0 spiro atoms. The first kappa shape index (κ1) is 15.0. The maximum absolute atomic E-state index is 12.5. The molecule has 2 N–H and O–H groups in total. The van der Waals surface area contributed by atoms with Gasteiger partial charge in [-0.05, 0) is 37.8 Å². The van der Waals surface area contributed by atoms with Crippen LogP contribution < -0.4 is 10.0 Å². The first-order valence-electron chi connectivity index (χ1n) is 6.78. The molecule has 1 aromatic rings. The Hall–Kier alpha value is -0.430. The van der Waals surface area contributed by atoms with E-state index in [4.69, 9.17) is 0 Å². The number of sulfonamides is 1. The number of nitrogens with one attached hydrogen (secondary N) is 2. The monoisotopic (exact) mass is 302 g/mol. The molecule has 0 aliphatic heterocycles. The van der Waals surface area contributed by atoms with Crippen molar-refractivity contribution in [3.05, 3.63) is 15.8 Å². The average molecular weight is 302 g/mol. The fourth-order valence-corrected chi connectivity index (χ4v) is 5.76. The third-order valence-corrected chi connectivity index (χ3v) is 6.51. The van der Waals surface area contributed by atoms with Gasteiger partial charge in [-0.25, -0.2) is 13.1 Å². The summed E-state index contributed by atoms with van der Waals surface area (Å²) in [6.07, 6.45) is 5.40. The highest BCUT2D eigenvalue weighted by molar-refractivity contribution is 7.89. The molecule has 0 aromatic carbocycles. The predicted octanol–water partition coefficient (Wildman–Crippen LogP) is 2.39. The lowest BCUT2D eigenvalue weighted by atomic mass is 9.96. The Morgan fingerprint density at radius 2 is 2.00 bits per heavy atom. The molecule has 0 bridgehead atoms. The minimum atomic E-state index is -3.38. The van der Waals surface area contributed by atoms with Crippen LogP contribution in [-0.4, -0.2) is 21.5 Å². The first-order valence-corrected chi connectivity index (χ1v) is 9.15. The average Bonchev–Trinajstić information content (AvgIpc) is 2.72. The summed E-state index contributed by atoms with van der Waals surface area (Å²) in [4.78, 5) is 1.38. The first-order chi connectivity index (χ1) is 9.04. The summed E-state index contributed by atoms with van der Waals surface area (Å²) < 4.78 is 28.0. The molecule has 4 nitrogen and oxygen atoms in total. The van der Waals surface area contributed by atoms with Gasteiger partial charge < -0.3 is 5.32 Å². The molecule has 0 amide bonds. The zero-order valence-corrected chi connectivity index (χ0v) is 13.2. The molecular formula is C13H22N2O2S2. The van der Waals surface area contributed by atoms with E-state index in [-0.39, 0.29) is 6.04 Å². The molecule has 1 saturated carbocycles.